The van der Waals surface area contributed by atoms with Crippen LogP contribution >= 0.6 is 0 Å². The monoisotopic (exact) mass is 298 g/mol. The Morgan fingerprint density at radius 1 is 1.25 bits per heavy atom. The molecule has 0 unspecified atom stereocenters. The summed E-state index contributed by atoms with van der Waals surface area (Å²) < 4.78 is 32.1. The van der Waals surface area contributed by atoms with Gasteiger partial charge in [0.05, 0.1) is 11.5 Å². The maximum absolute atomic E-state index is 12.6. The van der Waals surface area contributed by atoms with Gasteiger partial charge in [0.25, 0.3) is 0 Å². The molecule has 112 valence electrons. The number of benzene rings is 1. The molecule has 1 aliphatic heterocycles. The van der Waals surface area contributed by atoms with Gasteiger partial charge in [0.2, 0.25) is 10.0 Å². The van der Waals surface area contributed by atoms with Crippen LogP contribution in [0.3, 0.4) is 0 Å². The summed E-state index contributed by atoms with van der Waals surface area (Å²) in [5, 5.41) is 0. The highest BCUT2D eigenvalue weighted by atomic mass is 32.2. The molecule has 1 saturated heterocycles. The minimum Gasteiger partial charge on any atom is -0.380 e. The first kappa shape index (κ1) is 15.4. The van der Waals surface area contributed by atoms with E-state index in [9.17, 15) is 8.42 Å². The molecule has 0 bridgehead atoms. The van der Waals surface area contributed by atoms with Crippen molar-refractivity contribution in [3.05, 3.63) is 29.3 Å². The van der Waals surface area contributed by atoms with Gasteiger partial charge >= 0.3 is 0 Å². The zero-order valence-corrected chi connectivity index (χ0v) is 12.7. The summed E-state index contributed by atoms with van der Waals surface area (Å²) >= 11 is 0. The SMILES string of the molecule is CCc1ccc(S(=O)(=O)N2CCCOCC2)cc1CN. The third-order valence-electron chi connectivity index (χ3n) is 3.60. The fourth-order valence-corrected chi connectivity index (χ4v) is 3.92. The van der Waals surface area contributed by atoms with Gasteiger partial charge in [-0.15, -0.1) is 0 Å². The molecule has 0 radical (unpaired) electrons. The van der Waals surface area contributed by atoms with Crippen LogP contribution in [0.2, 0.25) is 0 Å². The van der Waals surface area contributed by atoms with Crippen molar-refractivity contribution in [1.29, 1.82) is 0 Å². The van der Waals surface area contributed by atoms with Crippen molar-refractivity contribution in [3.8, 4) is 0 Å². The number of nitrogens with zero attached hydrogens (tertiary/aromatic N) is 1. The van der Waals surface area contributed by atoms with Crippen LogP contribution in [-0.4, -0.2) is 39.0 Å². The van der Waals surface area contributed by atoms with E-state index in [0.29, 0.717) is 37.7 Å². The molecule has 1 aliphatic rings. The van der Waals surface area contributed by atoms with Crippen molar-refractivity contribution in [2.24, 2.45) is 5.73 Å². The van der Waals surface area contributed by atoms with E-state index in [0.717, 1.165) is 24.0 Å². The van der Waals surface area contributed by atoms with Crippen LogP contribution in [0.1, 0.15) is 24.5 Å². The van der Waals surface area contributed by atoms with E-state index in [2.05, 4.69) is 0 Å². The van der Waals surface area contributed by atoms with Crippen LogP contribution in [0.4, 0.5) is 0 Å². The Kier molecular flexibility index (Phi) is 5.15. The zero-order valence-electron chi connectivity index (χ0n) is 11.8. The van der Waals surface area contributed by atoms with Crippen molar-refractivity contribution < 1.29 is 13.2 Å². The molecule has 1 aromatic rings. The third kappa shape index (κ3) is 3.20. The van der Waals surface area contributed by atoms with Crippen LogP contribution in [0, 0.1) is 0 Å². The average molecular weight is 298 g/mol. The fourth-order valence-electron chi connectivity index (χ4n) is 2.41. The second-order valence-corrected chi connectivity index (χ2v) is 6.80. The standard InChI is InChI=1S/C14H22N2O3S/c1-2-12-4-5-14(10-13(12)11-15)20(17,18)16-6-3-8-19-9-7-16/h4-5,10H,2-3,6-9,11,15H2,1H3. The van der Waals surface area contributed by atoms with Crippen molar-refractivity contribution in [2.75, 3.05) is 26.3 Å². The smallest absolute Gasteiger partial charge is 0.243 e. The second kappa shape index (κ2) is 6.67. The van der Waals surface area contributed by atoms with Crippen molar-refractivity contribution in [3.63, 3.8) is 0 Å². The Balaban J connectivity index is 2.33. The summed E-state index contributed by atoms with van der Waals surface area (Å²) in [5.74, 6) is 0. The number of nitrogens with two attached hydrogens (primary N) is 1. The molecule has 1 fully saturated rings. The lowest BCUT2D eigenvalue weighted by Crippen LogP contribution is -2.33. The molecule has 6 heteroatoms. The molecule has 0 aromatic heterocycles. The van der Waals surface area contributed by atoms with Crippen molar-refractivity contribution in [1.82, 2.24) is 4.31 Å². The molecule has 2 rings (SSSR count). The normalized spacial score (nSPS) is 17.9. The molecule has 1 heterocycles. The molecule has 0 spiro atoms. The van der Waals surface area contributed by atoms with Crippen molar-refractivity contribution >= 4 is 10.0 Å². The Morgan fingerprint density at radius 2 is 2.05 bits per heavy atom. The van der Waals surface area contributed by atoms with Gasteiger partial charge in [-0.1, -0.05) is 13.0 Å². The predicted octanol–water partition coefficient (Wildman–Crippen LogP) is 1.12. The summed E-state index contributed by atoms with van der Waals surface area (Å²) in [4.78, 5) is 0.331. The molecule has 0 saturated carbocycles. The molecule has 0 amide bonds. The summed E-state index contributed by atoms with van der Waals surface area (Å²) in [5.41, 5.74) is 7.72. The van der Waals surface area contributed by atoms with E-state index in [4.69, 9.17) is 10.5 Å². The van der Waals surface area contributed by atoms with E-state index in [-0.39, 0.29) is 0 Å². The van der Waals surface area contributed by atoms with Crippen LogP contribution in [0.25, 0.3) is 0 Å². The van der Waals surface area contributed by atoms with E-state index in [1.54, 1.807) is 12.1 Å². The average Bonchev–Trinajstić information content (AvgIpc) is 2.76. The molecule has 2 N–H and O–H groups in total. The molecule has 0 aliphatic carbocycles. The molecule has 0 atom stereocenters. The van der Waals surface area contributed by atoms with Gasteiger partial charge in [0.1, 0.15) is 0 Å². The van der Waals surface area contributed by atoms with E-state index in [1.807, 2.05) is 13.0 Å². The van der Waals surface area contributed by atoms with E-state index >= 15 is 0 Å². The van der Waals surface area contributed by atoms with Crippen LogP contribution in [0.15, 0.2) is 23.1 Å². The minimum atomic E-state index is -3.45. The molecular formula is C14H22N2O3S. The summed E-state index contributed by atoms with van der Waals surface area (Å²) in [7, 11) is -3.45. The summed E-state index contributed by atoms with van der Waals surface area (Å²) in [6.07, 6.45) is 1.58. The van der Waals surface area contributed by atoms with Crippen LogP contribution < -0.4 is 5.73 Å². The Bertz CT molecular complexity index is 550. The van der Waals surface area contributed by atoms with Gasteiger partial charge in [-0.05, 0) is 36.1 Å². The number of hydrogen-bond donors (Lipinski definition) is 1. The van der Waals surface area contributed by atoms with Gasteiger partial charge in [-0.25, -0.2) is 8.42 Å². The third-order valence-corrected chi connectivity index (χ3v) is 5.49. The topological polar surface area (TPSA) is 72.6 Å². The maximum atomic E-state index is 12.6. The zero-order chi connectivity index (χ0) is 14.6. The number of hydrogen-bond acceptors (Lipinski definition) is 4. The van der Waals surface area contributed by atoms with Crippen LogP contribution in [0.5, 0.6) is 0 Å². The lowest BCUT2D eigenvalue weighted by Gasteiger charge is -2.20. The van der Waals surface area contributed by atoms with Gasteiger partial charge < -0.3 is 10.5 Å². The van der Waals surface area contributed by atoms with E-state index < -0.39 is 10.0 Å². The summed E-state index contributed by atoms with van der Waals surface area (Å²) in [6, 6.07) is 5.25. The highest BCUT2D eigenvalue weighted by Gasteiger charge is 2.25. The predicted molar refractivity (Wildman–Crippen MR) is 77.9 cm³/mol. The quantitative estimate of drug-likeness (QED) is 0.904. The lowest BCUT2D eigenvalue weighted by molar-refractivity contribution is 0.148. The maximum Gasteiger partial charge on any atom is 0.243 e. The minimum absolute atomic E-state index is 0.331. The first-order chi connectivity index (χ1) is 9.59. The highest BCUT2D eigenvalue weighted by molar-refractivity contribution is 7.89. The second-order valence-electron chi connectivity index (χ2n) is 4.86. The van der Waals surface area contributed by atoms with Crippen LogP contribution in [-0.2, 0) is 27.7 Å². The highest BCUT2D eigenvalue weighted by Crippen LogP contribution is 2.21. The van der Waals surface area contributed by atoms with Gasteiger partial charge in [-0.2, -0.15) is 4.31 Å². The molecule has 1 aromatic carbocycles. The molecular weight excluding hydrogens is 276 g/mol. The first-order valence-electron chi connectivity index (χ1n) is 6.99. The largest absolute Gasteiger partial charge is 0.380 e. The Hall–Kier alpha value is -0.950. The molecule has 20 heavy (non-hydrogen) atoms. The fraction of sp³-hybridized carbons (Fsp3) is 0.571. The van der Waals surface area contributed by atoms with Crippen molar-refractivity contribution in [2.45, 2.75) is 31.2 Å². The number of ether oxygens (including phenoxy) is 1. The van der Waals surface area contributed by atoms with E-state index in [1.165, 1.54) is 4.31 Å². The Labute approximate surface area is 120 Å². The number of sulfonamides is 1. The lowest BCUT2D eigenvalue weighted by atomic mass is 10.1. The summed E-state index contributed by atoms with van der Waals surface area (Å²) in [6.45, 7) is 4.39. The van der Waals surface area contributed by atoms with Gasteiger partial charge in [0.15, 0.2) is 0 Å². The molecule has 5 nitrogen and oxygen atoms in total. The number of rotatable bonds is 4. The Morgan fingerprint density at radius 3 is 2.75 bits per heavy atom. The first-order valence-corrected chi connectivity index (χ1v) is 8.43. The van der Waals surface area contributed by atoms with Gasteiger partial charge in [0, 0.05) is 26.2 Å². The number of aryl methyl sites for hydroxylation is 1. The van der Waals surface area contributed by atoms with Gasteiger partial charge in [-0.3, -0.25) is 0 Å².